The van der Waals surface area contributed by atoms with Crippen molar-refractivity contribution in [3.8, 4) is 0 Å². The van der Waals surface area contributed by atoms with E-state index < -0.39 is 36.8 Å². The van der Waals surface area contributed by atoms with Gasteiger partial charge in [-0.2, -0.15) is 4.98 Å². The summed E-state index contributed by atoms with van der Waals surface area (Å²) in [6, 6.07) is 1.35. The minimum absolute atomic E-state index is 0.0128. The Labute approximate surface area is 115 Å². The topological polar surface area (TPSA) is 137 Å². The number of rotatable bonds is 7. The Balaban J connectivity index is 2.84. The van der Waals surface area contributed by atoms with Crippen molar-refractivity contribution in [1.29, 1.82) is 0 Å². The highest BCUT2D eigenvalue weighted by molar-refractivity contribution is 5.27. The summed E-state index contributed by atoms with van der Waals surface area (Å²) >= 11 is 0. The number of anilines is 1. The van der Waals surface area contributed by atoms with E-state index in [0.717, 1.165) is 4.57 Å². The number of nitrogens with one attached hydrogen (secondary N) is 1. The molecule has 1 aromatic heterocycles. The fraction of sp³-hybridized carbons (Fsp3) is 0.636. The Morgan fingerprint density at radius 1 is 1.45 bits per heavy atom. The summed E-state index contributed by atoms with van der Waals surface area (Å²) in [5.41, 5.74) is 1.06. The van der Waals surface area contributed by atoms with E-state index >= 15 is 0 Å². The smallest absolute Gasteiger partial charge is 0.351 e. The summed E-state index contributed by atoms with van der Waals surface area (Å²) in [4.78, 5) is 15.2. The van der Waals surface area contributed by atoms with Gasteiger partial charge in [-0.1, -0.05) is 0 Å². The van der Waals surface area contributed by atoms with Crippen LogP contribution >= 0.6 is 0 Å². The van der Waals surface area contributed by atoms with Crippen molar-refractivity contribution in [2.45, 2.75) is 38.4 Å². The average molecular weight is 289 g/mol. The van der Waals surface area contributed by atoms with E-state index in [-0.39, 0.29) is 5.82 Å². The van der Waals surface area contributed by atoms with E-state index in [9.17, 15) is 15.0 Å². The second-order valence-electron chi connectivity index (χ2n) is 4.30. The predicted molar refractivity (Wildman–Crippen MR) is 68.3 cm³/mol. The molecule has 0 saturated heterocycles. The molecule has 0 amide bonds. The van der Waals surface area contributed by atoms with Crippen LogP contribution in [0, 0.1) is 0 Å². The van der Waals surface area contributed by atoms with Crippen LogP contribution in [-0.2, 0) is 4.74 Å². The van der Waals surface area contributed by atoms with Crippen molar-refractivity contribution >= 4 is 5.82 Å². The molecule has 0 aromatic carbocycles. The third-order valence-corrected chi connectivity index (χ3v) is 2.76. The molecule has 0 aliphatic heterocycles. The minimum atomic E-state index is -1.29. The molecule has 5 N–H and O–H groups in total. The van der Waals surface area contributed by atoms with Gasteiger partial charge in [0.05, 0.1) is 12.7 Å². The molecule has 20 heavy (non-hydrogen) atoms. The minimum Gasteiger partial charge on any atom is -0.394 e. The first kappa shape index (κ1) is 16.5. The Morgan fingerprint density at radius 3 is 2.55 bits per heavy atom. The summed E-state index contributed by atoms with van der Waals surface area (Å²) in [6.45, 7) is 2.36. The highest BCUT2D eigenvalue weighted by Gasteiger charge is 2.26. The summed E-state index contributed by atoms with van der Waals surface area (Å²) in [6.07, 6.45) is -2.91. The maximum Gasteiger partial charge on any atom is 0.351 e. The number of hydrogen-bond donors (Lipinski definition) is 5. The second-order valence-corrected chi connectivity index (χ2v) is 4.30. The molecule has 9 nitrogen and oxygen atoms in total. The average Bonchev–Trinajstić information content (AvgIpc) is 2.43. The van der Waals surface area contributed by atoms with Crippen LogP contribution in [0.1, 0.15) is 20.1 Å². The molecule has 0 radical (unpaired) electrons. The Morgan fingerprint density at radius 2 is 2.10 bits per heavy atom. The van der Waals surface area contributed by atoms with Crippen LogP contribution in [0.15, 0.2) is 17.1 Å². The van der Waals surface area contributed by atoms with Crippen LogP contribution in [0.4, 0.5) is 5.82 Å². The zero-order chi connectivity index (χ0) is 15.3. The van der Waals surface area contributed by atoms with Gasteiger partial charge in [0, 0.05) is 6.20 Å². The molecule has 0 spiro atoms. The summed E-state index contributed by atoms with van der Waals surface area (Å²) in [7, 11) is 0. The van der Waals surface area contributed by atoms with Gasteiger partial charge >= 0.3 is 5.69 Å². The quantitative estimate of drug-likeness (QED) is 0.390. The molecule has 1 heterocycles. The predicted octanol–water partition coefficient (Wildman–Crippen LogP) is -1.32. The molecule has 1 rings (SSSR count). The highest BCUT2D eigenvalue weighted by atomic mass is 16.5. The Hall–Kier alpha value is -1.52. The molecule has 0 aliphatic rings. The molecule has 114 valence electrons. The number of aromatic nitrogens is 2. The number of ether oxygens (including phenoxy) is 1. The lowest BCUT2D eigenvalue weighted by Crippen LogP contribution is -2.42. The van der Waals surface area contributed by atoms with Gasteiger partial charge in [0.25, 0.3) is 0 Å². The standard InChI is InChI=1S/C11H19N3O6/c1-6(16)10(17)8(5-15)20-7(2)14-4-3-9(13-19)12-11(14)18/h3-4,6-8,10,15-17,19H,5H2,1-2H3,(H,12,13,18)/t6?,7-,8?,10?/m1/s1. The molecule has 0 saturated carbocycles. The molecular formula is C11H19N3O6. The molecule has 0 fully saturated rings. The zero-order valence-corrected chi connectivity index (χ0v) is 11.2. The van der Waals surface area contributed by atoms with Crippen LogP contribution < -0.4 is 11.2 Å². The number of hydrogen-bond acceptors (Lipinski definition) is 8. The van der Waals surface area contributed by atoms with E-state index in [1.165, 1.54) is 26.1 Å². The molecule has 3 unspecified atom stereocenters. The summed E-state index contributed by atoms with van der Waals surface area (Å²) < 4.78 is 6.45. The Kier molecular flexibility index (Phi) is 6.05. The van der Waals surface area contributed by atoms with Gasteiger partial charge in [0.2, 0.25) is 0 Å². The van der Waals surface area contributed by atoms with Gasteiger partial charge in [-0.3, -0.25) is 15.3 Å². The van der Waals surface area contributed by atoms with Crippen molar-refractivity contribution in [2.75, 3.05) is 12.1 Å². The fourth-order valence-corrected chi connectivity index (χ4v) is 1.61. The highest BCUT2D eigenvalue weighted by Crippen LogP contribution is 2.13. The third-order valence-electron chi connectivity index (χ3n) is 2.76. The van der Waals surface area contributed by atoms with Crippen LogP contribution in [0.5, 0.6) is 0 Å². The fourth-order valence-electron chi connectivity index (χ4n) is 1.61. The molecule has 4 atom stereocenters. The van der Waals surface area contributed by atoms with Crippen molar-refractivity contribution in [3.05, 3.63) is 22.7 Å². The van der Waals surface area contributed by atoms with E-state index in [0.29, 0.717) is 0 Å². The van der Waals surface area contributed by atoms with E-state index in [1.54, 1.807) is 5.48 Å². The van der Waals surface area contributed by atoms with Gasteiger partial charge in [-0.05, 0) is 19.9 Å². The summed E-state index contributed by atoms with van der Waals surface area (Å²) in [5.74, 6) is -0.0128. The maximum absolute atomic E-state index is 11.7. The van der Waals surface area contributed by atoms with Crippen LogP contribution in [0.3, 0.4) is 0 Å². The SMILES string of the molecule is CC(O)C(O)C(CO)O[C@H](C)n1ccc(NO)nc1=O. The van der Waals surface area contributed by atoms with Gasteiger partial charge < -0.3 is 20.1 Å². The van der Waals surface area contributed by atoms with Gasteiger partial charge in [-0.15, -0.1) is 0 Å². The van der Waals surface area contributed by atoms with Gasteiger partial charge in [-0.25, -0.2) is 4.79 Å². The molecular weight excluding hydrogens is 270 g/mol. The molecule has 0 aliphatic carbocycles. The lowest BCUT2D eigenvalue weighted by atomic mass is 10.1. The first-order chi connectivity index (χ1) is 9.40. The second kappa shape index (κ2) is 7.31. The monoisotopic (exact) mass is 289 g/mol. The van der Waals surface area contributed by atoms with Gasteiger partial charge in [0.1, 0.15) is 18.4 Å². The first-order valence-electron chi connectivity index (χ1n) is 6.02. The lowest BCUT2D eigenvalue weighted by molar-refractivity contribution is -0.142. The molecule has 1 aromatic rings. The maximum atomic E-state index is 11.7. The van der Waals surface area contributed by atoms with E-state index in [1.807, 2.05) is 0 Å². The normalized spacial score (nSPS) is 17.3. The van der Waals surface area contributed by atoms with Crippen molar-refractivity contribution in [1.82, 2.24) is 9.55 Å². The van der Waals surface area contributed by atoms with Crippen molar-refractivity contribution in [2.24, 2.45) is 0 Å². The largest absolute Gasteiger partial charge is 0.394 e. The van der Waals surface area contributed by atoms with Crippen LogP contribution in [0.25, 0.3) is 0 Å². The first-order valence-corrected chi connectivity index (χ1v) is 6.02. The molecule has 0 bridgehead atoms. The van der Waals surface area contributed by atoms with Crippen molar-refractivity contribution < 1.29 is 25.3 Å². The zero-order valence-electron chi connectivity index (χ0n) is 11.2. The van der Waals surface area contributed by atoms with Crippen LogP contribution in [0.2, 0.25) is 0 Å². The summed E-state index contributed by atoms with van der Waals surface area (Å²) in [5, 5.41) is 36.7. The van der Waals surface area contributed by atoms with E-state index in [4.69, 9.17) is 15.1 Å². The van der Waals surface area contributed by atoms with Crippen molar-refractivity contribution in [3.63, 3.8) is 0 Å². The molecule has 9 heteroatoms. The number of nitrogens with zero attached hydrogens (tertiary/aromatic N) is 2. The Bertz CT molecular complexity index is 477. The number of aliphatic hydroxyl groups excluding tert-OH is 3. The third kappa shape index (κ3) is 3.99. The van der Waals surface area contributed by atoms with Crippen LogP contribution in [-0.4, -0.2) is 55.0 Å². The van der Waals surface area contributed by atoms with Gasteiger partial charge in [0.15, 0.2) is 5.82 Å². The number of aliphatic hydroxyl groups is 3. The lowest BCUT2D eigenvalue weighted by Gasteiger charge is -2.27. The van der Waals surface area contributed by atoms with E-state index in [2.05, 4.69) is 4.98 Å².